The second kappa shape index (κ2) is 4.63. The molecular formula is C13H20N4O. The molecule has 5 heteroatoms. The van der Waals surface area contributed by atoms with E-state index in [-0.39, 0.29) is 5.91 Å². The minimum absolute atomic E-state index is 0.137. The van der Waals surface area contributed by atoms with Gasteiger partial charge >= 0.3 is 0 Å². The number of nitrogens with two attached hydrogens (primary N) is 1. The molecule has 0 saturated heterocycles. The molecule has 1 aromatic heterocycles. The summed E-state index contributed by atoms with van der Waals surface area (Å²) in [6.45, 7) is 0.754. The van der Waals surface area contributed by atoms with Gasteiger partial charge in [-0.25, -0.2) is 0 Å². The molecule has 1 heterocycles. The Morgan fingerprint density at radius 1 is 1.33 bits per heavy atom. The fourth-order valence-electron chi connectivity index (χ4n) is 2.76. The van der Waals surface area contributed by atoms with Crippen LogP contribution in [0.2, 0.25) is 0 Å². The first-order valence-electron chi connectivity index (χ1n) is 6.87. The lowest BCUT2D eigenvalue weighted by Gasteiger charge is -2.09. The molecule has 1 amide bonds. The number of hydrogen-bond acceptors (Lipinski definition) is 3. The normalized spacial score (nSPS) is 20.2. The molecule has 0 bridgehead atoms. The van der Waals surface area contributed by atoms with E-state index in [9.17, 15) is 4.79 Å². The van der Waals surface area contributed by atoms with Gasteiger partial charge in [-0.3, -0.25) is 9.89 Å². The van der Waals surface area contributed by atoms with E-state index in [4.69, 9.17) is 5.73 Å². The number of aromatic amines is 1. The Kier molecular flexibility index (Phi) is 2.97. The van der Waals surface area contributed by atoms with Crippen molar-refractivity contribution in [2.45, 2.75) is 44.4 Å². The van der Waals surface area contributed by atoms with Crippen LogP contribution in [0.3, 0.4) is 0 Å². The van der Waals surface area contributed by atoms with Crippen molar-refractivity contribution in [1.29, 1.82) is 0 Å². The number of anilines is 1. The van der Waals surface area contributed by atoms with Crippen LogP contribution in [0.25, 0.3) is 0 Å². The van der Waals surface area contributed by atoms with Gasteiger partial charge in [0.2, 0.25) is 0 Å². The molecule has 3 rings (SSSR count). The number of nitrogens with zero attached hydrogens (tertiary/aromatic N) is 1. The van der Waals surface area contributed by atoms with Crippen LogP contribution < -0.4 is 11.1 Å². The van der Waals surface area contributed by atoms with Crippen molar-refractivity contribution in [2.24, 2.45) is 5.92 Å². The molecule has 18 heavy (non-hydrogen) atoms. The van der Waals surface area contributed by atoms with Crippen molar-refractivity contribution in [3.8, 4) is 0 Å². The lowest BCUT2D eigenvalue weighted by Crippen LogP contribution is -2.29. The molecule has 0 aliphatic heterocycles. The van der Waals surface area contributed by atoms with E-state index in [2.05, 4.69) is 15.5 Å². The first kappa shape index (κ1) is 11.6. The van der Waals surface area contributed by atoms with Gasteiger partial charge in [-0.05, 0) is 31.6 Å². The van der Waals surface area contributed by atoms with Crippen LogP contribution in [-0.4, -0.2) is 22.6 Å². The Bertz CT molecular complexity index is 444. The third-order valence-corrected chi connectivity index (χ3v) is 4.06. The molecule has 4 N–H and O–H groups in total. The van der Waals surface area contributed by atoms with Crippen molar-refractivity contribution in [3.05, 3.63) is 11.4 Å². The minimum Gasteiger partial charge on any atom is -0.395 e. The maximum atomic E-state index is 12.0. The summed E-state index contributed by atoms with van der Waals surface area (Å²) in [5.41, 5.74) is 7.83. The average Bonchev–Trinajstić information content (AvgIpc) is 2.93. The highest BCUT2D eigenvalue weighted by Gasteiger charge is 2.30. The second-order valence-electron chi connectivity index (χ2n) is 5.53. The smallest absolute Gasteiger partial charge is 0.273 e. The van der Waals surface area contributed by atoms with Gasteiger partial charge in [0.15, 0.2) is 5.69 Å². The first-order chi connectivity index (χ1) is 8.75. The van der Waals surface area contributed by atoms with E-state index in [0.717, 1.165) is 25.1 Å². The average molecular weight is 248 g/mol. The Hall–Kier alpha value is -1.52. The zero-order valence-corrected chi connectivity index (χ0v) is 10.5. The maximum Gasteiger partial charge on any atom is 0.273 e. The highest BCUT2D eigenvalue weighted by Crippen LogP contribution is 2.42. The molecular weight excluding hydrogens is 228 g/mol. The third-order valence-electron chi connectivity index (χ3n) is 4.06. The van der Waals surface area contributed by atoms with Crippen molar-refractivity contribution in [3.63, 3.8) is 0 Å². The Labute approximate surface area is 107 Å². The number of amides is 1. The second-order valence-corrected chi connectivity index (χ2v) is 5.53. The number of nitrogens with one attached hydrogen (secondary N) is 2. The molecule has 2 aliphatic rings. The fraction of sp³-hybridized carbons (Fsp3) is 0.692. The molecule has 2 saturated carbocycles. The summed E-state index contributed by atoms with van der Waals surface area (Å²) in [6, 6.07) is 0. The highest BCUT2D eigenvalue weighted by molar-refractivity contribution is 5.97. The number of H-pyrrole nitrogens is 1. The molecule has 2 fully saturated rings. The highest BCUT2D eigenvalue weighted by atomic mass is 16.1. The zero-order valence-electron chi connectivity index (χ0n) is 10.5. The molecule has 0 spiro atoms. The van der Waals surface area contributed by atoms with E-state index >= 15 is 0 Å². The first-order valence-corrected chi connectivity index (χ1v) is 6.87. The lowest BCUT2D eigenvalue weighted by atomic mass is 10.1. The summed E-state index contributed by atoms with van der Waals surface area (Å²) >= 11 is 0. The summed E-state index contributed by atoms with van der Waals surface area (Å²) < 4.78 is 0. The van der Waals surface area contributed by atoms with Gasteiger partial charge in [-0.2, -0.15) is 5.10 Å². The van der Waals surface area contributed by atoms with Gasteiger partial charge in [0, 0.05) is 12.5 Å². The van der Waals surface area contributed by atoms with E-state index < -0.39 is 0 Å². The molecule has 1 aromatic rings. The number of rotatable bonds is 4. The lowest BCUT2D eigenvalue weighted by molar-refractivity contribution is 0.0943. The number of aromatic nitrogens is 2. The fourth-order valence-corrected chi connectivity index (χ4v) is 2.76. The van der Waals surface area contributed by atoms with E-state index in [1.165, 1.54) is 25.7 Å². The van der Waals surface area contributed by atoms with E-state index in [1.54, 1.807) is 0 Å². The molecule has 0 radical (unpaired) electrons. The van der Waals surface area contributed by atoms with Gasteiger partial charge in [0.05, 0.1) is 11.4 Å². The topological polar surface area (TPSA) is 83.8 Å². The molecule has 0 atom stereocenters. The largest absolute Gasteiger partial charge is 0.395 e. The van der Waals surface area contributed by atoms with Gasteiger partial charge in [0.25, 0.3) is 5.91 Å². The van der Waals surface area contributed by atoms with Crippen molar-refractivity contribution >= 4 is 11.6 Å². The predicted octanol–water partition coefficient (Wildman–Crippen LogP) is 1.79. The van der Waals surface area contributed by atoms with Crippen molar-refractivity contribution in [2.75, 3.05) is 12.3 Å². The number of carbonyl (C=O) groups is 1. The van der Waals surface area contributed by atoms with Crippen LogP contribution in [0.1, 0.15) is 60.6 Å². The van der Waals surface area contributed by atoms with Crippen LogP contribution in [0.15, 0.2) is 0 Å². The van der Waals surface area contributed by atoms with Crippen molar-refractivity contribution in [1.82, 2.24) is 15.5 Å². The number of nitrogen functional groups attached to an aromatic ring is 1. The summed E-state index contributed by atoms with van der Waals surface area (Å²) in [7, 11) is 0. The van der Waals surface area contributed by atoms with Gasteiger partial charge < -0.3 is 11.1 Å². The zero-order chi connectivity index (χ0) is 12.5. The van der Waals surface area contributed by atoms with E-state index in [0.29, 0.717) is 23.2 Å². The quantitative estimate of drug-likeness (QED) is 0.759. The van der Waals surface area contributed by atoms with Crippen LogP contribution >= 0.6 is 0 Å². The summed E-state index contributed by atoms with van der Waals surface area (Å²) in [5.74, 6) is 0.994. The van der Waals surface area contributed by atoms with Crippen LogP contribution in [0, 0.1) is 5.92 Å². The predicted molar refractivity (Wildman–Crippen MR) is 69.3 cm³/mol. The number of carbonyl (C=O) groups excluding carboxylic acids is 1. The summed E-state index contributed by atoms with van der Waals surface area (Å²) in [4.78, 5) is 12.0. The standard InChI is InChI=1S/C13H20N4O/c14-10-11(9-5-6-9)16-17-12(10)13(18)15-7-8-3-1-2-4-8/h8-9H,1-7,14H2,(H,15,18)(H,16,17). The number of hydrogen-bond donors (Lipinski definition) is 3. The maximum absolute atomic E-state index is 12.0. The van der Waals surface area contributed by atoms with Gasteiger partial charge in [0.1, 0.15) is 0 Å². The van der Waals surface area contributed by atoms with Crippen LogP contribution in [0.5, 0.6) is 0 Å². The Morgan fingerprint density at radius 3 is 2.72 bits per heavy atom. The summed E-state index contributed by atoms with van der Waals surface area (Å²) in [5, 5.41) is 9.92. The minimum atomic E-state index is -0.137. The Balaban J connectivity index is 1.60. The van der Waals surface area contributed by atoms with E-state index in [1.807, 2.05) is 0 Å². The molecule has 0 aromatic carbocycles. The molecule has 5 nitrogen and oxygen atoms in total. The van der Waals surface area contributed by atoms with Crippen LogP contribution in [-0.2, 0) is 0 Å². The molecule has 2 aliphatic carbocycles. The van der Waals surface area contributed by atoms with Crippen molar-refractivity contribution < 1.29 is 4.79 Å². The Morgan fingerprint density at radius 2 is 2.06 bits per heavy atom. The summed E-state index contributed by atoms with van der Waals surface area (Å²) in [6.07, 6.45) is 7.33. The van der Waals surface area contributed by atoms with Gasteiger partial charge in [-0.1, -0.05) is 12.8 Å². The van der Waals surface area contributed by atoms with Crippen LogP contribution in [0.4, 0.5) is 5.69 Å². The molecule has 0 unspecified atom stereocenters. The van der Waals surface area contributed by atoms with Gasteiger partial charge in [-0.15, -0.1) is 0 Å². The third kappa shape index (κ3) is 2.21. The monoisotopic (exact) mass is 248 g/mol. The SMILES string of the molecule is Nc1c(C(=O)NCC2CCCC2)n[nH]c1C1CC1. The molecule has 98 valence electrons.